The van der Waals surface area contributed by atoms with E-state index in [2.05, 4.69) is 0 Å². The maximum absolute atomic E-state index is 11.3. The Hall–Kier alpha value is -1.31. The van der Waals surface area contributed by atoms with Gasteiger partial charge in [0.15, 0.2) is 6.61 Å². The van der Waals surface area contributed by atoms with E-state index in [0.717, 1.165) is 24.2 Å². The van der Waals surface area contributed by atoms with Gasteiger partial charge in [-0.25, -0.2) is 0 Å². The quantitative estimate of drug-likeness (QED) is 0.599. The molecule has 1 heterocycles. The van der Waals surface area contributed by atoms with Gasteiger partial charge in [-0.05, 0) is 42.5 Å². The number of carbonyl (C=O) groups excluding carboxylic acids is 1. The van der Waals surface area contributed by atoms with E-state index in [4.69, 9.17) is 4.74 Å². The molecule has 1 aromatic rings. The van der Waals surface area contributed by atoms with Crippen LogP contribution in [0.5, 0.6) is 5.75 Å². The van der Waals surface area contributed by atoms with Gasteiger partial charge in [-0.2, -0.15) is 0 Å². The Morgan fingerprint density at radius 3 is 2.77 bits per heavy atom. The highest BCUT2D eigenvalue weighted by Crippen LogP contribution is 2.32. The molecule has 1 aliphatic carbocycles. The number of ketones is 1. The fourth-order valence-corrected chi connectivity index (χ4v) is 2.16. The van der Waals surface area contributed by atoms with E-state index < -0.39 is 0 Å². The Labute approximate surface area is 76.5 Å². The smallest absolute Gasteiger partial charge is 0.203 e. The lowest BCUT2D eigenvalue weighted by Crippen LogP contribution is -1.99. The summed E-state index contributed by atoms with van der Waals surface area (Å²) in [5.41, 5.74) is 3.51. The SMILES string of the molecule is O=C1COc2cc3c(cc21)CCC3. The van der Waals surface area contributed by atoms with Gasteiger partial charge in [0.2, 0.25) is 5.78 Å². The van der Waals surface area contributed by atoms with Gasteiger partial charge in [0.05, 0.1) is 5.56 Å². The highest BCUT2D eigenvalue weighted by molar-refractivity contribution is 6.02. The molecular weight excluding hydrogens is 164 g/mol. The van der Waals surface area contributed by atoms with Crippen LogP contribution >= 0.6 is 0 Å². The van der Waals surface area contributed by atoms with Crippen molar-refractivity contribution in [3.05, 3.63) is 28.8 Å². The van der Waals surface area contributed by atoms with Gasteiger partial charge >= 0.3 is 0 Å². The van der Waals surface area contributed by atoms with Gasteiger partial charge in [-0.1, -0.05) is 0 Å². The molecule has 0 saturated carbocycles. The van der Waals surface area contributed by atoms with E-state index in [-0.39, 0.29) is 12.4 Å². The Morgan fingerprint density at radius 1 is 1.15 bits per heavy atom. The van der Waals surface area contributed by atoms with E-state index in [9.17, 15) is 4.79 Å². The number of carbonyl (C=O) groups is 1. The predicted molar refractivity (Wildman–Crippen MR) is 48.3 cm³/mol. The maximum atomic E-state index is 11.3. The summed E-state index contributed by atoms with van der Waals surface area (Å²) in [5, 5.41) is 0. The van der Waals surface area contributed by atoms with Gasteiger partial charge in [-0.3, -0.25) is 4.79 Å². The number of rotatable bonds is 0. The number of benzene rings is 1. The van der Waals surface area contributed by atoms with Gasteiger partial charge in [0.25, 0.3) is 0 Å². The minimum atomic E-state index is 0.129. The number of fused-ring (bicyclic) bond motifs is 2. The zero-order chi connectivity index (χ0) is 8.84. The van der Waals surface area contributed by atoms with Crippen LogP contribution in [-0.4, -0.2) is 12.4 Å². The Kier molecular flexibility index (Phi) is 1.29. The molecule has 0 N–H and O–H groups in total. The molecule has 0 atom stereocenters. The standard InChI is InChI=1S/C11H10O2/c12-10-6-13-11-5-8-3-1-2-7(8)4-9(10)11/h4-5H,1-3,6H2. The first kappa shape index (κ1) is 7.13. The first-order valence-electron chi connectivity index (χ1n) is 4.66. The molecule has 0 fully saturated rings. The number of hydrogen-bond donors (Lipinski definition) is 0. The average Bonchev–Trinajstić information content (AvgIpc) is 2.70. The Morgan fingerprint density at radius 2 is 1.92 bits per heavy atom. The largest absolute Gasteiger partial charge is 0.485 e. The van der Waals surface area contributed by atoms with Crippen LogP contribution in [0, 0.1) is 0 Å². The van der Waals surface area contributed by atoms with Crippen LogP contribution in [0.15, 0.2) is 12.1 Å². The van der Waals surface area contributed by atoms with Crippen molar-refractivity contribution >= 4 is 5.78 Å². The first-order chi connectivity index (χ1) is 6.34. The molecule has 0 unspecified atom stereocenters. The predicted octanol–water partition coefficient (Wildman–Crippen LogP) is 1.75. The molecule has 0 radical (unpaired) electrons. The lowest BCUT2D eigenvalue weighted by Gasteiger charge is -2.01. The number of aryl methyl sites for hydroxylation is 2. The Balaban J connectivity index is 2.22. The number of hydrogen-bond acceptors (Lipinski definition) is 2. The van der Waals surface area contributed by atoms with Crippen LogP contribution in [0.2, 0.25) is 0 Å². The van der Waals surface area contributed by atoms with Crippen molar-refractivity contribution in [1.82, 2.24) is 0 Å². The van der Waals surface area contributed by atoms with Crippen LogP contribution in [-0.2, 0) is 12.8 Å². The van der Waals surface area contributed by atoms with E-state index in [0.29, 0.717) is 0 Å². The normalized spacial score (nSPS) is 18.3. The van der Waals surface area contributed by atoms with Crippen molar-refractivity contribution in [3.63, 3.8) is 0 Å². The zero-order valence-electron chi connectivity index (χ0n) is 7.30. The second-order valence-corrected chi connectivity index (χ2v) is 3.68. The Bertz CT molecular complexity index is 393. The average molecular weight is 174 g/mol. The molecule has 1 aromatic carbocycles. The molecule has 2 heteroatoms. The van der Waals surface area contributed by atoms with Crippen molar-refractivity contribution < 1.29 is 9.53 Å². The molecule has 0 saturated heterocycles. The molecule has 3 rings (SSSR count). The van der Waals surface area contributed by atoms with Gasteiger partial charge in [0.1, 0.15) is 5.75 Å². The summed E-state index contributed by atoms with van der Waals surface area (Å²) in [6, 6.07) is 4.07. The van der Waals surface area contributed by atoms with Crippen LogP contribution in [0.25, 0.3) is 0 Å². The maximum Gasteiger partial charge on any atom is 0.203 e. The van der Waals surface area contributed by atoms with Crippen LogP contribution in [0.1, 0.15) is 27.9 Å². The minimum absolute atomic E-state index is 0.129. The van der Waals surface area contributed by atoms with Crippen molar-refractivity contribution in [1.29, 1.82) is 0 Å². The topological polar surface area (TPSA) is 26.3 Å². The number of ether oxygens (including phenoxy) is 1. The van der Waals surface area contributed by atoms with E-state index in [1.165, 1.54) is 17.5 Å². The molecule has 13 heavy (non-hydrogen) atoms. The van der Waals surface area contributed by atoms with Crippen molar-refractivity contribution in [2.45, 2.75) is 19.3 Å². The summed E-state index contributed by atoms with van der Waals surface area (Å²) < 4.78 is 5.29. The molecule has 66 valence electrons. The fraction of sp³-hybridized carbons (Fsp3) is 0.364. The molecular formula is C11H10O2. The van der Waals surface area contributed by atoms with Crippen LogP contribution in [0.3, 0.4) is 0 Å². The number of Topliss-reactive ketones (excluding diaryl/α,β-unsaturated/α-hetero) is 1. The lowest BCUT2D eigenvalue weighted by molar-refractivity contribution is 0.0961. The van der Waals surface area contributed by atoms with E-state index >= 15 is 0 Å². The molecule has 0 aromatic heterocycles. The third-order valence-electron chi connectivity index (χ3n) is 2.85. The summed E-state index contributed by atoms with van der Waals surface area (Å²) in [7, 11) is 0. The second kappa shape index (κ2) is 2.34. The van der Waals surface area contributed by atoms with Crippen LogP contribution in [0.4, 0.5) is 0 Å². The summed E-state index contributed by atoms with van der Waals surface area (Å²) in [6.07, 6.45) is 3.47. The molecule has 0 spiro atoms. The second-order valence-electron chi connectivity index (χ2n) is 3.68. The fourth-order valence-electron chi connectivity index (χ4n) is 2.16. The van der Waals surface area contributed by atoms with Crippen molar-refractivity contribution in [2.75, 3.05) is 6.61 Å². The third-order valence-corrected chi connectivity index (χ3v) is 2.85. The lowest BCUT2D eigenvalue weighted by atomic mass is 10.0. The molecule has 2 nitrogen and oxygen atoms in total. The van der Waals surface area contributed by atoms with Gasteiger partial charge < -0.3 is 4.74 Å². The van der Waals surface area contributed by atoms with Crippen molar-refractivity contribution in [2.24, 2.45) is 0 Å². The summed E-state index contributed by atoms with van der Waals surface area (Å²) in [4.78, 5) is 11.3. The third kappa shape index (κ3) is 0.916. The summed E-state index contributed by atoms with van der Waals surface area (Å²) in [6.45, 7) is 0.234. The minimum Gasteiger partial charge on any atom is -0.485 e. The molecule has 0 amide bonds. The molecule has 2 aliphatic rings. The monoisotopic (exact) mass is 174 g/mol. The first-order valence-corrected chi connectivity index (χ1v) is 4.66. The van der Waals surface area contributed by atoms with Crippen LogP contribution < -0.4 is 4.74 Å². The highest BCUT2D eigenvalue weighted by atomic mass is 16.5. The molecule has 1 aliphatic heterocycles. The van der Waals surface area contributed by atoms with E-state index in [1.807, 2.05) is 12.1 Å². The van der Waals surface area contributed by atoms with Crippen molar-refractivity contribution in [3.8, 4) is 5.75 Å². The summed E-state index contributed by atoms with van der Waals surface area (Å²) in [5.74, 6) is 0.926. The molecule has 0 bridgehead atoms. The van der Waals surface area contributed by atoms with E-state index in [1.54, 1.807) is 0 Å². The van der Waals surface area contributed by atoms with Gasteiger partial charge in [0, 0.05) is 0 Å². The summed E-state index contributed by atoms with van der Waals surface area (Å²) >= 11 is 0. The highest BCUT2D eigenvalue weighted by Gasteiger charge is 2.24. The zero-order valence-corrected chi connectivity index (χ0v) is 7.30. The van der Waals surface area contributed by atoms with Gasteiger partial charge in [-0.15, -0.1) is 0 Å².